The molecule has 3 aromatic carbocycles. The Hall–Kier alpha value is -3.47. The second-order valence-corrected chi connectivity index (χ2v) is 7.06. The van der Waals surface area contributed by atoms with Crippen molar-refractivity contribution in [3.63, 3.8) is 0 Å². The molecule has 2 amide bonds. The quantitative estimate of drug-likeness (QED) is 0.708. The molecule has 0 radical (unpaired) electrons. The Kier molecular flexibility index (Phi) is 5.66. The van der Waals surface area contributed by atoms with Gasteiger partial charge in [-0.3, -0.25) is 0 Å². The molecule has 0 saturated heterocycles. The maximum Gasteiger partial charge on any atom is 0.317 e. The number of urea groups is 1. The van der Waals surface area contributed by atoms with Gasteiger partial charge in [0.1, 0.15) is 6.61 Å². The van der Waals surface area contributed by atoms with E-state index in [1.165, 1.54) is 0 Å². The second kappa shape index (κ2) is 8.69. The van der Waals surface area contributed by atoms with Gasteiger partial charge in [0.05, 0.1) is 6.54 Å². The first kappa shape index (κ1) is 18.9. The first-order valence-electron chi connectivity index (χ1n) is 9.71. The second-order valence-electron chi connectivity index (χ2n) is 7.06. The minimum Gasteiger partial charge on any atom is -0.486 e. The molecule has 0 saturated carbocycles. The van der Waals surface area contributed by atoms with E-state index in [1.54, 1.807) is 11.9 Å². The molecule has 3 aromatic rings. The molecule has 5 heteroatoms. The molecule has 0 bridgehead atoms. The smallest absolute Gasteiger partial charge is 0.317 e. The minimum absolute atomic E-state index is 0.143. The normalized spacial score (nSPS) is 14.9. The van der Waals surface area contributed by atoms with Gasteiger partial charge in [0.2, 0.25) is 0 Å². The van der Waals surface area contributed by atoms with E-state index < -0.39 is 0 Å². The van der Waals surface area contributed by atoms with Gasteiger partial charge in [-0.05, 0) is 28.8 Å². The number of amides is 2. The lowest BCUT2D eigenvalue weighted by Gasteiger charge is -2.27. The van der Waals surface area contributed by atoms with Crippen molar-refractivity contribution < 1.29 is 14.3 Å². The van der Waals surface area contributed by atoms with Crippen LogP contribution in [-0.4, -0.2) is 37.2 Å². The summed E-state index contributed by atoms with van der Waals surface area (Å²) < 4.78 is 11.6. The molecule has 1 unspecified atom stereocenters. The third-order valence-electron chi connectivity index (χ3n) is 4.90. The van der Waals surface area contributed by atoms with E-state index in [4.69, 9.17) is 9.47 Å². The fourth-order valence-corrected chi connectivity index (χ4v) is 3.38. The van der Waals surface area contributed by atoms with E-state index in [0.717, 1.165) is 22.4 Å². The van der Waals surface area contributed by atoms with Crippen LogP contribution in [0.15, 0.2) is 78.9 Å². The summed E-state index contributed by atoms with van der Waals surface area (Å²) >= 11 is 0. The average Bonchev–Trinajstić information content (AvgIpc) is 2.78. The lowest BCUT2D eigenvalue weighted by molar-refractivity contribution is 0.0904. The van der Waals surface area contributed by atoms with E-state index in [1.807, 2.05) is 54.6 Å². The molecule has 0 spiro atoms. The fourth-order valence-electron chi connectivity index (χ4n) is 3.38. The SMILES string of the molecule is CN(Cc1ccccc1-c1ccccc1)C(=O)NCC1COc2ccccc2O1. The van der Waals surface area contributed by atoms with Gasteiger partial charge in [-0.1, -0.05) is 66.7 Å². The Morgan fingerprint density at radius 2 is 1.66 bits per heavy atom. The van der Waals surface area contributed by atoms with Crippen LogP contribution in [0.4, 0.5) is 4.79 Å². The number of para-hydroxylation sites is 2. The van der Waals surface area contributed by atoms with Crippen LogP contribution in [0.5, 0.6) is 11.5 Å². The predicted octanol–water partition coefficient (Wildman–Crippen LogP) is 4.34. The van der Waals surface area contributed by atoms with Gasteiger partial charge in [-0.15, -0.1) is 0 Å². The Morgan fingerprint density at radius 3 is 2.48 bits per heavy atom. The molecule has 1 N–H and O–H groups in total. The molecule has 0 fully saturated rings. The number of hydrogen-bond donors (Lipinski definition) is 1. The zero-order valence-electron chi connectivity index (χ0n) is 16.4. The number of nitrogens with one attached hydrogen (secondary N) is 1. The zero-order valence-corrected chi connectivity index (χ0v) is 16.4. The van der Waals surface area contributed by atoms with Crippen molar-refractivity contribution in [2.45, 2.75) is 12.6 Å². The lowest BCUT2D eigenvalue weighted by Crippen LogP contribution is -2.44. The molecular weight excluding hydrogens is 364 g/mol. The number of nitrogens with zero attached hydrogens (tertiary/aromatic N) is 1. The summed E-state index contributed by atoms with van der Waals surface area (Å²) in [6.07, 6.45) is -0.209. The summed E-state index contributed by atoms with van der Waals surface area (Å²) in [7, 11) is 1.80. The van der Waals surface area contributed by atoms with Crippen molar-refractivity contribution in [2.24, 2.45) is 0 Å². The van der Waals surface area contributed by atoms with Gasteiger partial charge in [0.25, 0.3) is 0 Å². The van der Waals surface area contributed by atoms with Gasteiger partial charge in [0, 0.05) is 13.6 Å². The summed E-state index contributed by atoms with van der Waals surface area (Å²) in [4.78, 5) is 14.3. The third-order valence-corrected chi connectivity index (χ3v) is 4.90. The lowest BCUT2D eigenvalue weighted by atomic mass is 9.99. The van der Waals surface area contributed by atoms with Crippen molar-refractivity contribution >= 4 is 6.03 Å². The summed E-state index contributed by atoms with van der Waals surface area (Å²) in [5.41, 5.74) is 3.37. The topological polar surface area (TPSA) is 50.8 Å². The first-order chi connectivity index (χ1) is 14.2. The number of ether oxygens (including phenoxy) is 2. The maximum absolute atomic E-state index is 12.6. The number of hydrogen-bond acceptors (Lipinski definition) is 3. The fraction of sp³-hybridized carbons (Fsp3) is 0.208. The first-order valence-corrected chi connectivity index (χ1v) is 9.71. The number of carbonyl (C=O) groups is 1. The molecule has 1 aliphatic heterocycles. The van der Waals surface area contributed by atoms with Crippen molar-refractivity contribution in [1.82, 2.24) is 10.2 Å². The average molecular weight is 388 g/mol. The van der Waals surface area contributed by atoms with Crippen LogP contribution in [0.2, 0.25) is 0 Å². The maximum atomic E-state index is 12.6. The molecule has 29 heavy (non-hydrogen) atoms. The minimum atomic E-state index is -0.209. The van der Waals surface area contributed by atoms with Gasteiger partial charge < -0.3 is 19.7 Å². The Balaban J connectivity index is 1.35. The molecule has 1 atom stereocenters. The molecule has 1 heterocycles. The monoisotopic (exact) mass is 388 g/mol. The van der Waals surface area contributed by atoms with Crippen molar-refractivity contribution in [3.8, 4) is 22.6 Å². The number of carbonyl (C=O) groups excluding carboxylic acids is 1. The van der Waals surface area contributed by atoms with E-state index in [-0.39, 0.29) is 12.1 Å². The molecule has 5 nitrogen and oxygen atoms in total. The predicted molar refractivity (Wildman–Crippen MR) is 113 cm³/mol. The molecule has 0 aliphatic carbocycles. The van der Waals surface area contributed by atoms with Crippen LogP contribution in [0.1, 0.15) is 5.56 Å². The van der Waals surface area contributed by atoms with Gasteiger partial charge in [-0.2, -0.15) is 0 Å². The van der Waals surface area contributed by atoms with E-state index in [9.17, 15) is 4.79 Å². The molecule has 0 aromatic heterocycles. The molecule has 148 valence electrons. The summed E-state index contributed by atoms with van der Waals surface area (Å²) in [6.45, 7) is 1.32. The van der Waals surface area contributed by atoms with Crippen LogP contribution in [0.3, 0.4) is 0 Å². The Bertz CT molecular complexity index is 975. The summed E-state index contributed by atoms with van der Waals surface area (Å²) in [5.74, 6) is 1.45. The van der Waals surface area contributed by atoms with Crippen LogP contribution in [-0.2, 0) is 6.54 Å². The van der Waals surface area contributed by atoms with Crippen LogP contribution in [0.25, 0.3) is 11.1 Å². The summed E-state index contributed by atoms with van der Waals surface area (Å²) in [5, 5.41) is 2.94. The largest absolute Gasteiger partial charge is 0.486 e. The van der Waals surface area contributed by atoms with Crippen molar-refractivity contribution in [1.29, 1.82) is 0 Å². The van der Waals surface area contributed by atoms with Gasteiger partial charge >= 0.3 is 6.03 Å². The van der Waals surface area contributed by atoms with E-state index in [2.05, 4.69) is 29.6 Å². The van der Waals surface area contributed by atoms with E-state index in [0.29, 0.717) is 25.4 Å². The molecule has 1 aliphatic rings. The van der Waals surface area contributed by atoms with Crippen LogP contribution in [0, 0.1) is 0 Å². The van der Waals surface area contributed by atoms with Crippen molar-refractivity contribution in [3.05, 3.63) is 84.4 Å². The van der Waals surface area contributed by atoms with Gasteiger partial charge in [-0.25, -0.2) is 4.79 Å². The standard InChI is InChI=1S/C24H24N2O3/c1-26(16-19-11-5-6-12-21(19)18-9-3-2-4-10-18)24(27)25-15-20-17-28-22-13-7-8-14-23(22)29-20/h2-14,20H,15-17H2,1H3,(H,25,27). The number of fused-ring (bicyclic) bond motifs is 1. The Morgan fingerprint density at radius 1 is 0.966 bits per heavy atom. The molecule has 4 rings (SSSR count). The number of rotatable bonds is 5. The highest BCUT2D eigenvalue weighted by molar-refractivity contribution is 5.75. The molecular formula is C24H24N2O3. The third kappa shape index (κ3) is 4.51. The zero-order chi connectivity index (χ0) is 20.1. The van der Waals surface area contributed by atoms with E-state index >= 15 is 0 Å². The highest BCUT2D eigenvalue weighted by atomic mass is 16.6. The highest BCUT2D eigenvalue weighted by Gasteiger charge is 2.22. The number of benzene rings is 3. The summed E-state index contributed by atoms with van der Waals surface area (Å²) in [6, 6.07) is 25.8. The van der Waals surface area contributed by atoms with Crippen molar-refractivity contribution in [2.75, 3.05) is 20.2 Å². The van der Waals surface area contributed by atoms with Gasteiger partial charge in [0.15, 0.2) is 17.6 Å². The Labute approximate surface area is 170 Å². The highest BCUT2D eigenvalue weighted by Crippen LogP contribution is 2.30. The van der Waals surface area contributed by atoms with Crippen LogP contribution >= 0.6 is 0 Å². The van der Waals surface area contributed by atoms with Crippen LogP contribution < -0.4 is 14.8 Å².